The zero-order valence-electron chi connectivity index (χ0n) is 17.6. The molecule has 3 aromatic rings. The largest absolute Gasteiger partial charge is 0.376 e. The molecule has 1 saturated heterocycles. The molecule has 0 unspecified atom stereocenters. The topological polar surface area (TPSA) is 58.6 Å². The van der Waals surface area contributed by atoms with Crippen LogP contribution >= 0.6 is 11.8 Å². The number of amides is 2. The van der Waals surface area contributed by atoms with Gasteiger partial charge in [0.15, 0.2) is 0 Å². The van der Waals surface area contributed by atoms with Crippen LogP contribution in [0.15, 0.2) is 82.6 Å². The lowest BCUT2D eigenvalue weighted by atomic mass is 10.1. The first-order valence-electron chi connectivity index (χ1n) is 10.9. The number of anilines is 1. The average Bonchev–Trinajstić information content (AvgIpc) is 3.32. The summed E-state index contributed by atoms with van der Waals surface area (Å²) in [4.78, 5) is 30.1. The molecule has 2 heterocycles. The van der Waals surface area contributed by atoms with Crippen molar-refractivity contribution in [2.45, 2.75) is 35.3 Å². The number of nitrogens with one attached hydrogen (secondary N) is 1. The molecule has 32 heavy (non-hydrogen) atoms. The van der Waals surface area contributed by atoms with Gasteiger partial charge in [-0.25, -0.2) is 0 Å². The van der Waals surface area contributed by atoms with Gasteiger partial charge in [-0.1, -0.05) is 54.2 Å². The molecular weight excluding hydrogens is 420 g/mol. The van der Waals surface area contributed by atoms with Gasteiger partial charge in [-0.15, -0.1) is 0 Å². The Hall–Kier alpha value is -3.09. The lowest BCUT2D eigenvalue weighted by Crippen LogP contribution is -2.33. The molecule has 0 saturated carbocycles. The molecule has 1 N–H and O–H groups in total. The van der Waals surface area contributed by atoms with Crippen molar-refractivity contribution in [2.75, 3.05) is 18.1 Å². The van der Waals surface area contributed by atoms with Crippen LogP contribution in [0.3, 0.4) is 0 Å². The maximum atomic E-state index is 13.6. The van der Waals surface area contributed by atoms with Crippen LogP contribution in [0.25, 0.3) is 0 Å². The van der Waals surface area contributed by atoms with Crippen LogP contribution in [0, 0.1) is 0 Å². The lowest BCUT2D eigenvalue weighted by molar-refractivity contribution is 0.0857. The van der Waals surface area contributed by atoms with Crippen molar-refractivity contribution in [3.63, 3.8) is 0 Å². The van der Waals surface area contributed by atoms with Crippen molar-refractivity contribution >= 4 is 29.3 Å². The molecule has 0 radical (unpaired) electrons. The first-order valence-corrected chi connectivity index (χ1v) is 11.7. The van der Waals surface area contributed by atoms with E-state index in [-0.39, 0.29) is 17.9 Å². The fourth-order valence-corrected chi connectivity index (χ4v) is 5.16. The molecule has 0 spiro atoms. The smallest absolute Gasteiger partial charge is 0.259 e. The summed E-state index contributed by atoms with van der Waals surface area (Å²) < 4.78 is 5.61. The number of hydrogen-bond acceptors (Lipinski definition) is 4. The van der Waals surface area contributed by atoms with Crippen molar-refractivity contribution in [2.24, 2.45) is 0 Å². The van der Waals surface area contributed by atoms with E-state index in [1.54, 1.807) is 16.7 Å². The molecule has 2 aliphatic rings. The average molecular weight is 445 g/mol. The van der Waals surface area contributed by atoms with E-state index in [4.69, 9.17) is 4.74 Å². The zero-order valence-corrected chi connectivity index (χ0v) is 18.4. The summed E-state index contributed by atoms with van der Waals surface area (Å²) >= 11 is 1.56. The molecular formula is C26H24N2O3S. The molecule has 5 rings (SSSR count). The second-order valence-electron chi connectivity index (χ2n) is 8.00. The van der Waals surface area contributed by atoms with Gasteiger partial charge in [0.25, 0.3) is 11.8 Å². The van der Waals surface area contributed by atoms with Crippen LogP contribution in [0.5, 0.6) is 0 Å². The van der Waals surface area contributed by atoms with Gasteiger partial charge in [-0.3, -0.25) is 9.59 Å². The molecule has 0 aromatic heterocycles. The normalized spacial score (nSPS) is 17.4. The van der Waals surface area contributed by atoms with Crippen LogP contribution in [0.4, 0.5) is 5.69 Å². The molecule has 1 atom stereocenters. The highest BCUT2D eigenvalue weighted by atomic mass is 32.2. The highest BCUT2D eigenvalue weighted by Crippen LogP contribution is 2.42. The summed E-state index contributed by atoms with van der Waals surface area (Å²) in [6.07, 6.45) is 2.09. The second-order valence-corrected chi connectivity index (χ2v) is 9.09. The number of ether oxygens (including phenoxy) is 1. The van der Waals surface area contributed by atoms with Gasteiger partial charge in [0, 0.05) is 28.5 Å². The third-order valence-corrected chi connectivity index (χ3v) is 6.93. The number of rotatable bonds is 5. The first-order chi connectivity index (χ1) is 15.7. The van der Waals surface area contributed by atoms with E-state index in [2.05, 4.69) is 5.32 Å². The van der Waals surface area contributed by atoms with Gasteiger partial charge in [0.05, 0.1) is 23.9 Å². The van der Waals surface area contributed by atoms with E-state index >= 15 is 0 Å². The van der Waals surface area contributed by atoms with E-state index < -0.39 is 0 Å². The molecule has 6 heteroatoms. The quantitative estimate of drug-likeness (QED) is 0.608. The number of fused-ring (bicyclic) bond motifs is 2. The van der Waals surface area contributed by atoms with Crippen LogP contribution in [0.2, 0.25) is 0 Å². The molecule has 2 aliphatic heterocycles. The summed E-state index contributed by atoms with van der Waals surface area (Å²) in [7, 11) is 0. The number of hydrogen-bond donors (Lipinski definition) is 1. The molecule has 162 valence electrons. The maximum Gasteiger partial charge on any atom is 0.259 e. The number of nitrogens with zero attached hydrogens (tertiary/aromatic N) is 1. The first kappa shape index (κ1) is 20.8. The SMILES string of the molecule is O=C(NC[C@@H]1CCCO1)c1ccc2c(c1)N(Cc1ccccc1)C(=O)c1ccccc1S2. The van der Waals surface area contributed by atoms with E-state index in [1.807, 2.05) is 72.8 Å². The Bertz CT molecular complexity index is 1140. The minimum atomic E-state index is -0.151. The zero-order chi connectivity index (χ0) is 21.9. The fraction of sp³-hybridized carbons (Fsp3) is 0.231. The monoisotopic (exact) mass is 444 g/mol. The number of carbonyl (C=O) groups excluding carboxylic acids is 2. The minimum absolute atomic E-state index is 0.0624. The number of carbonyl (C=O) groups is 2. The van der Waals surface area contributed by atoms with Gasteiger partial charge in [-0.2, -0.15) is 0 Å². The maximum absolute atomic E-state index is 13.6. The summed E-state index contributed by atoms with van der Waals surface area (Å²) in [5.74, 6) is -0.213. The van der Waals surface area contributed by atoms with Gasteiger partial charge < -0.3 is 15.0 Å². The van der Waals surface area contributed by atoms with Crippen LogP contribution < -0.4 is 10.2 Å². The van der Waals surface area contributed by atoms with Crippen molar-refractivity contribution in [1.29, 1.82) is 0 Å². The fourth-order valence-electron chi connectivity index (χ4n) is 4.10. The molecule has 2 amide bonds. The van der Waals surface area contributed by atoms with Gasteiger partial charge in [-0.05, 0) is 48.7 Å². The molecule has 0 aliphatic carbocycles. The minimum Gasteiger partial charge on any atom is -0.376 e. The van der Waals surface area contributed by atoms with Crippen molar-refractivity contribution in [1.82, 2.24) is 5.32 Å². The Labute approximate surface area is 191 Å². The predicted octanol–water partition coefficient (Wildman–Crippen LogP) is 4.91. The highest BCUT2D eigenvalue weighted by molar-refractivity contribution is 7.99. The lowest BCUT2D eigenvalue weighted by Gasteiger charge is -2.24. The Kier molecular flexibility index (Phi) is 5.97. The van der Waals surface area contributed by atoms with Gasteiger partial charge >= 0.3 is 0 Å². The highest BCUT2D eigenvalue weighted by Gasteiger charge is 2.28. The van der Waals surface area contributed by atoms with Crippen molar-refractivity contribution in [3.05, 3.63) is 89.5 Å². The molecule has 0 bridgehead atoms. The van der Waals surface area contributed by atoms with Crippen LogP contribution in [-0.2, 0) is 11.3 Å². The van der Waals surface area contributed by atoms with E-state index in [0.717, 1.165) is 40.5 Å². The van der Waals surface area contributed by atoms with E-state index in [1.165, 1.54) is 0 Å². The Morgan fingerprint density at radius 3 is 2.66 bits per heavy atom. The van der Waals surface area contributed by atoms with Crippen molar-refractivity contribution in [3.8, 4) is 0 Å². The van der Waals surface area contributed by atoms with E-state index in [9.17, 15) is 9.59 Å². The third kappa shape index (κ3) is 4.29. The predicted molar refractivity (Wildman–Crippen MR) is 125 cm³/mol. The van der Waals surface area contributed by atoms with E-state index in [0.29, 0.717) is 24.2 Å². The summed E-state index contributed by atoms with van der Waals surface area (Å²) in [5, 5.41) is 2.98. The van der Waals surface area contributed by atoms with Gasteiger partial charge in [0.1, 0.15) is 0 Å². The Morgan fingerprint density at radius 2 is 1.84 bits per heavy atom. The second kappa shape index (κ2) is 9.18. The van der Waals surface area contributed by atoms with Crippen LogP contribution in [0.1, 0.15) is 39.1 Å². The molecule has 5 nitrogen and oxygen atoms in total. The standard InChI is InChI=1S/C26H24N2O3S/c29-25(27-16-20-9-6-14-31-20)19-12-13-24-22(15-19)28(17-18-7-2-1-3-8-18)26(30)21-10-4-5-11-23(21)32-24/h1-5,7-8,10-13,15,20H,6,9,14,16-17H2,(H,27,29)/t20-/m0/s1. The summed E-state index contributed by atoms with van der Waals surface area (Å²) in [6.45, 7) is 1.69. The van der Waals surface area contributed by atoms with Crippen LogP contribution in [-0.4, -0.2) is 31.1 Å². The summed E-state index contributed by atoms with van der Waals surface area (Å²) in [5.41, 5.74) is 3.00. The number of benzene rings is 3. The van der Waals surface area contributed by atoms with Gasteiger partial charge in [0.2, 0.25) is 0 Å². The molecule has 3 aromatic carbocycles. The molecule has 1 fully saturated rings. The Morgan fingerprint density at radius 1 is 1.03 bits per heavy atom. The third-order valence-electron chi connectivity index (χ3n) is 5.79. The summed E-state index contributed by atoms with van der Waals surface area (Å²) in [6, 6.07) is 23.2. The van der Waals surface area contributed by atoms with Crippen molar-refractivity contribution < 1.29 is 14.3 Å². The Balaban J connectivity index is 1.49.